The van der Waals surface area contributed by atoms with Crippen LogP contribution < -0.4 is 5.32 Å². The van der Waals surface area contributed by atoms with Gasteiger partial charge in [0.25, 0.3) is 0 Å². The second kappa shape index (κ2) is 6.05. The lowest BCUT2D eigenvalue weighted by Gasteiger charge is -2.19. The van der Waals surface area contributed by atoms with Crippen molar-refractivity contribution < 1.29 is 13.2 Å². The van der Waals surface area contributed by atoms with E-state index in [9.17, 15) is 13.2 Å². The van der Waals surface area contributed by atoms with Crippen LogP contribution in [-0.2, 0) is 6.18 Å². The lowest BCUT2D eigenvalue weighted by molar-refractivity contribution is -0.137. The zero-order valence-electron chi connectivity index (χ0n) is 10.1. The maximum absolute atomic E-state index is 12.6. The fourth-order valence-electron chi connectivity index (χ4n) is 1.85. The molecule has 0 aliphatic carbocycles. The van der Waals surface area contributed by atoms with Crippen molar-refractivity contribution in [1.29, 1.82) is 0 Å². The number of rotatable bonds is 5. The number of halogens is 3. The predicted molar refractivity (Wildman–Crippen MR) is 62.8 cm³/mol. The molecule has 1 nitrogen and oxygen atoms in total. The van der Waals surface area contributed by atoms with Crippen LogP contribution in [-0.4, -0.2) is 6.54 Å². The third-order valence-corrected chi connectivity index (χ3v) is 2.64. The summed E-state index contributed by atoms with van der Waals surface area (Å²) < 4.78 is 37.7. The molecule has 1 rings (SSSR count). The summed E-state index contributed by atoms with van der Waals surface area (Å²) in [5.74, 6) is 0. The van der Waals surface area contributed by atoms with E-state index in [0.717, 1.165) is 25.5 Å². The second-order valence-electron chi connectivity index (χ2n) is 4.02. The van der Waals surface area contributed by atoms with Gasteiger partial charge in [-0.15, -0.1) is 0 Å². The van der Waals surface area contributed by atoms with Gasteiger partial charge in [-0.3, -0.25) is 0 Å². The lowest BCUT2D eigenvalue weighted by Crippen LogP contribution is -2.21. The van der Waals surface area contributed by atoms with Crippen molar-refractivity contribution in [3.63, 3.8) is 0 Å². The third-order valence-electron chi connectivity index (χ3n) is 2.64. The molecule has 0 fully saturated rings. The van der Waals surface area contributed by atoms with E-state index in [0.29, 0.717) is 5.56 Å². The Bertz CT molecular complexity index is 341. The van der Waals surface area contributed by atoms with Crippen molar-refractivity contribution in [2.75, 3.05) is 6.54 Å². The van der Waals surface area contributed by atoms with Crippen LogP contribution in [0.2, 0.25) is 0 Å². The van der Waals surface area contributed by atoms with Gasteiger partial charge in [-0.1, -0.05) is 32.4 Å². The van der Waals surface area contributed by atoms with Gasteiger partial charge in [-0.25, -0.2) is 0 Å². The summed E-state index contributed by atoms with van der Waals surface area (Å²) in [5.41, 5.74) is 0.137. The van der Waals surface area contributed by atoms with E-state index < -0.39 is 11.7 Å². The number of benzene rings is 1. The van der Waals surface area contributed by atoms with Gasteiger partial charge in [0.15, 0.2) is 0 Å². The Labute approximate surface area is 100 Å². The van der Waals surface area contributed by atoms with Crippen LogP contribution in [0, 0.1) is 0 Å². The quantitative estimate of drug-likeness (QED) is 0.821. The molecule has 1 atom stereocenters. The van der Waals surface area contributed by atoms with E-state index in [1.807, 2.05) is 13.8 Å². The van der Waals surface area contributed by atoms with Gasteiger partial charge < -0.3 is 5.32 Å². The zero-order valence-corrected chi connectivity index (χ0v) is 10.1. The number of nitrogens with one attached hydrogen (secondary N) is 1. The summed E-state index contributed by atoms with van der Waals surface area (Å²) in [5, 5.41) is 3.21. The van der Waals surface area contributed by atoms with Crippen molar-refractivity contribution in [3.8, 4) is 0 Å². The van der Waals surface area contributed by atoms with Crippen molar-refractivity contribution in [2.45, 2.75) is 38.9 Å². The molecule has 1 N–H and O–H groups in total. The van der Waals surface area contributed by atoms with Crippen LogP contribution in [0.5, 0.6) is 0 Å². The number of alkyl halides is 3. The summed E-state index contributed by atoms with van der Waals surface area (Å²) in [6.07, 6.45) is -2.48. The molecule has 0 spiro atoms. The summed E-state index contributed by atoms with van der Waals surface area (Å²) in [6, 6.07) is 5.57. The first-order valence-electron chi connectivity index (χ1n) is 5.89. The van der Waals surface area contributed by atoms with E-state index >= 15 is 0 Å². The molecule has 1 unspecified atom stereocenters. The molecular formula is C13H18F3N. The minimum absolute atomic E-state index is 0.00676. The Hall–Kier alpha value is -1.03. The monoisotopic (exact) mass is 245 g/mol. The fourth-order valence-corrected chi connectivity index (χ4v) is 1.85. The first kappa shape index (κ1) is 14.0. The Morgan fingerprint density at radius 3 is 2.47 bits per heavy atom. The van der Waals surface area contributed by atoms with Crippen LogP contribution in [0.15, 0.2) is 24.3 Å². The third kappa shape index (κ3) is 4.04. The maximum Gasteiger partial charge on any atom is 0.416 e. The molecule has 0 aliphatic rings. The van der Waals surface area contributed by atoms with Crippen LogP contribution in [0.1, 0.15) is 43.9 Å². The van der Waals surface area contributed by atoms with Crippen molar-refractivity contribution in [3.05, 3.63) is 35.4 Å². The smallest absolute Gasteiger partial charge is 0.310 e. The molecule has 0 amide bonds. The second-order valence-corrected chi connectivity index (χ2v) is 4.02. The van der Waals surface area contributed by atoms with E-state index in [-0.39, 0.29) is 6.04 Å². The molecule has 0 aromatic heterocycles. The Balaban J connectivity index is 2.95. The minimum Gasteiger partial charge on any atom is -0.310 e. The summed E-state index contributed by atoms with van der Waals surface area (Å²) in [7, 11) is 0. The molecule has 0 heterocycles. The summed E-state index contributed by atoms with van der Waals surface area (Å²) in [6.45, 7) is 4.73. The molecular weight excluding hydrogens is 227 g/mol. The molecule has 0 radical (unpaired) electrons. The minimum atomic E-state index is -4.26. The van der Waals surface area contributed by atoms with Gasteiger partial charge in [-0.05, 0) is 30.7 Å². The van der Waals surface area contributed by atoms with Crippen molar-refractivity contribution in [1.82, 2.24) is 5.32 Å². The van der Waals surface area contributed by atoms with Crippen molar-refractivity contribution in [2.24, 2.45) is 0 Å². The van der Waals surface area contributed by atoms with Gasteiger partial charge in [0.1, 0.15) is 0 Å². The Morgan fingerprint density at radius 1 is 1.24 bits per heavy atom. The predicted octanol–water partition coefficient (Wildman–Crippen LogP) is 4.16. The van der Waals surface area contributed by atoms with Gasteiger partial charge in [0, 0.05) is 6.04 Å². The van der Waals surface area contributed by atoms with Gasteiger partial charge >= 0.3 is 6.18 Å². The van der Waals surface area contributed by atoms with Crippen LogP contribution in [0.3, 0.4) is 0 Å². The topological polar surface area (TPSA) is 12.0 Å². The molecule has 0 saturated heterocycles. The molecule has 0 aliphatic heterocycles. The average Bonchev–Trinajstić information content (AvgIpc) is 2.28. The molecule has 17 heavy (non-hydrogen) atoms. The van der Waals surface area contributed by atoms with Crippen LogP contribution >= 0.6 is 0 Å². The molecule has 1 aromatic rings. The van der Waals surface area contributed by atoms with Crippen molar-refractivity contribution >= 4 is 0 Å². The normalized spacial score (nSPS) is 13.7. The average molecular weight is 245 g/mol. The highest BCUT2D eigenvalue weighted by molar-refractivity contribution is 5.28. The SMILES string of the molecule is CCCC(NCC)c1cccc(C(F)(F)F)c1. The maximum atomic E-state index is 12.6. The standard InChI is InChI=1S/C13H18F3N/c1-3-6-12(17-4-2)10-7-5-8-11(9-10)13(14,15)16/h5,7-9,12,17H,3-4,6H2,1-2H3. The fraction of sp³-hybridized carbons (Fsp3) is 0.538. The van der Waals surface area contributed by atoms with E-state index in [4.69, 9.17) is 0 Å². The number of hydrogen-bond donors (Lipinski definition) is 1. The van der Waals surface area contributed by atoms with E-state index in [1.54, 1.807) is 6.07 Å². The highest BCUT2D eigenvalue weighted by Gasteiger charge is 2.30. The summed E-state index contributed by atoms with van der Waals surface area (Å²) in [4.78, 5) is 0. The Kier molecular flexibility index (Phi) is 5.00. The molecule has 4 heteroatoms. The summed E-state index contributed by atoms with van der Waals surface area (Å²) >= 11 is 0. The largest absolute Gasteiger partial charge is 0.416 e. The molecule has 96 valence electrons. The van der Waals surface area contributed by atoms with Gasteiger partial charge in [-0.2, -0.15) is 13.2 Å². The molecule has 0 bridgehead atoms. The number of hydrogen-bond acceptors (Lipinski definition) is 1. The highest BCUT2D eigenvalue weighted by Crippen LogP contribution is 2.31. The van der Waals surface area contributed by atoms with E-state index in [2.05, 4.69) is 5.32 Å². The van der Waals surface area contributed by atoms with Crippen LogP contribution in [0.4, 0.5) is 13.2 Å². The highest BCUT2D eigenvalue weighted by atomic mass is 19.4. The first-order chi connectivity index (χ1) is 7.99. The van der Waals surface area contributed by atoms with Crippen LogP contribution in [0.25, 0.3) is 0 Å². The van der Waals surface area contributed by atoms with Gasteiger partial charge in [0.05, 0.1) is 5.56 Å². The first-order valence-corrected chi connectivity index (χ1v) is 5.89. The van der Waals surface area contributed by atoms with Gasteiger partial charge in [0.2, 0.25) is 0 Å². The zero-order chi connectivity index (χ0) is 12.9. The molecule has 1 aromatic carbocycles. The van der Waals surface area contributed by atoms with E-state index in [1.165, 1.54) is 12.1 Å². The Morgan fingerprint density at radius 2 is 1.94 bits per heavy atom. The molecule has 0 saturated carbocycles. The lowest BCUT2D eigenvalue weighted by atomic mass is 10.00.